The number of aromatic hydroxyl groups is 1. The van der Waals surface area contributed by atoms with Gasteiger partial charge in [-0.2, -0.15) is 0 Å². The minimum atomic E-state index is -0.844. The molecule has 0 unspecified atom stereocenters. The number of hydrogen-bond donors (Lipinski definition) is 1. The number of esters is 1. The first-order valence-electron chi connectivity index (χ1n) is 4.86. The van der Waals surface area contributed by atoms with E-state index in [0.717, 1.165) is 0 Å². The van der Waals surface area contributed by atoms with Crippen molar-refractivity contribution in [1.29, 1.82) is 0 Å². The maximum atomic E-state index is 11.3. The molecule has 0 aliphatic carbocycles. The van der Waals surface area contributed by atoms with Crippen molar-refractivity contribution in [2.45, 2.75) is 20.3 Å². The van der Waals surface area contributed by atoms with Crippen molar-refractivity contribution in [1.82, 2.24) is 0 Å². The van der Waals surface area contributed by atoms with E-state index < -0.39 is 11.8 Å². The molecule has 0 bridgehead atoms. The van der Waals surface area contributed by atoms with E-state index in [1.54, 1.807) is 26.0 Å². The van der Waals surface area contributed by atoms with Gasteiger partial charge in [0.25, 0.3) is 0 Å². The summed E-state index contributed by atoms with van der Waals surface area (Å²) in [5, 5.41) is 9.54. The highest BCUT2D eigenvalue weighted by molar-refractivity contribution is 6.34. The SMILES string of the molecule is COC(=O)C(=O)Cc1cc(C)c(O)c(C)c1. The summed E-state index contributed by atoms with van der Waals surface area (Å²) < 4.78 is 4.33. The van der Waals surface area contributed by atoms with Crippen molar-refractivity contribution in [3.05, 3.63) is 28.8 Å². The third-order valence-corrected chi connectivity index (χ3v) is 2.33. The van der Waals surface area contributed by atoms with Crippen molar-refractivity contribution in [3.63, 3.8) is 0 Å². The van der Waals surface area contributed by atoms with E-state index >= 15 is 0 Å². The number of carbonyl (C=O) groups excluding carboxylic acids is 2. The van der Waals surface area contributed by atoms with Gasteiger partial charge in [-0.1, -0.05) is 12.1 Å². The number of aryl methyl sites for hydroxylation is 2. The lowest BCUT2D eigenvalue weighted by Crippen LogP contribution is -2.17. The molecule has 1 aromatic rings. The summed E-state index contributed by atoms with van der Waals surface area (Å²) in [6.07, 6.45) is -0.00532. The Kier molecular flexibility index (Phi) is 3.66. The highest BCUT2D eigenvalue weighted by Crippen LogP contribution is 2.23. The van der Waals surface area contributed by atoms with Gasteiger partial charge >= 0.3 is 5.97 Å². The number of ether oxygens (including phenoxy) is 1. The summed E-state index contributed by atoms with van der Waals surface area (Å²) in [4.78, 5) is 22.2. The van der Waals surface area contributed by atoms with Gasteiger partial charge in [-0.05, 0) is 30.5 Å². The Balaban J connectivity index is 2.91. The zero-order valence-corrected chi connectivity index (χ0v) is 9.53. The van der Waals surface area contributed by atoms with Gasteiger partial charge in [-0.15, -0.1) is 0 Å². The zero-order chi connectivity index (χ0) is 12.3. The van der Waals surface area contributed by atoms with E-state index in [2.05, 4.69) is 4.74 Å². The largest absolute Gasteiger partial charge is 0.507 e. The molecule has 0 spiro atoms. The van der Waals surface area contributed by atoms with Crippen molar-refractivity contribution < 1.29 is 19.4 Å². The molecule has 1 rings (SSSR count). The second-order valence-corrected chi connectivity index (χ2v) is 3.67. The molecule has 16 heavy (non-hydrogen) atoms. The minimum absolute atomic E-state index is 0.00532. The van der Waals surface area contributed by atoms with Crippen LogP contribution >= 0.6 is 0 Å². The van der Waals surface area contributed by atoms with E-state index in [9.17, 15) is 14.7 Å². The van der Waals surface area contributed by atoms with Crippen molar-refractivity contribution in [2.75, 3.05) is 7.11 Å². The average Bonchev–Trinajstić information content (AvgIpc) is 2.24. The van der Waals surface area contributed by atoms with Crippen LogP contribution in [-0.2, 0) is 20.7 Å². The molecule has 0 atom stereocenters. The molecule has 0 aliphatic rings. The van der Waals surface area contributed by atoms with Gasteiger partial charge < -0.3 is 9.84 Å². The second kappa shape index (κ2) is 4.79. The smallest absolute Gasteiger partial charge is 0.374 e. The van der Waals surface area contributed by atoms with Gasteiger partial charge in [0.05, 0.1) is 7.11 Å². The molecule has 1 aromatic carbocycles. The van der Waals surface area contributed by atoms with Crippen LogP contribution in [0.4, 0.5) is 0 Å². The maximum Gasteiger partial charge on any atom is 0.374 e. The fraction of sp³-hybridized carbons (Fsp3) is 0.333. The quantitative estimate of drug-likeness (QED) is 0.618. The molecule has 0 heterocycles. The van der Waals surface area contributed by atoms with E-state index in [4.69, 9.17) is 0 Å². The standard InChI is InChI=1S/C12H14O4/c1-7-4-9(5-8(2)11(7)14)6-10(13)12(15)16-3/h4-5,14H,6H2,1-3H3. The molecular formula is C12H14O4. The lowest BCUT2D eigenvalue weighted by molar-refractivity contribution is -0.151. The van der Waals surface area contributed by atoms with Gasteiger partial charge in [0.1, 0.15) is 5.75 Å². The van der Waals surface area contributed by atoms with E-state index in [1.165, 1.54) is 7.11 Å². The summed E-state index contributed by atoms with van der Waals surface area (Å²) in [6.45, 7) is 3.49. The van der Waals surface area contributed by atoms with E-state index in [1.807, 2.05) is 0 Å². The molecule has 0 saturated heterocycles. The topological polar surface area (TPSA) is 63.6 Å². The number of benzene rings is 1. The molecule has 4 nitrogen and oxygen atoms in total. The van der Waals surface area contributed by atoms with Gasteiger partial charge in [0.15, 0.2) is 0 Å². The third kappa shape index (κ3) is 2.59. The van der Waals surface area contributed by atoms with Crippen LogP contribution in [0.1, 0.15) is 16.7 Å². The Morgan fingerprint density at radius 1 is 1.25 bits per heavy atom. The molecule has 0 fully saturated rings. The predicted molar refractivity (Wildman–Crippen MR) is 58.3 cm³/mol. The summed E-state index contributed by atoms with van der Waals surface area (Å²) in [5.41, 5.74) is 2.07. The first-order chi connectivity index (χ1) is 7.45. The number of hydrogen-bond acceptors (Lipinski definition) is 4. The highest BCUT2D eigenvalue weighted by atomic mass is 16.5. The van der Waals surface area contributed by atoms with Crippen molar-refractivity contribution >= 4 is 11.8 Å². The highest BCUT2D eigenvalue weighted by Gasteiger charge is 2.15. The fourth-order valence-corrected chi connectivity index (χ4v) is 1.52. The van der Waals surface area contributed by atoms with Crippen molar-refractivity contribution in [3.8, 4) is 5.75 Å². The molecule has 0 radical (unpaired) electrons. The number of carbonyl (C=O) groups is 2. The lowest BCUT2D eigenvalue weighted by Gasteiger charge is -2.06. The van der Waals surface area contributed by atoms with E-state index in [-0.39, 0.29) is 12.2 Å². The summed E-state index contributed by atoms with van der Waals surface area (Å²) in [6, 6.07) is 3.37. The molecular weight excluding hydrogens is 208 g/mol. The Bertz CT molecular complexity index is 412. The summed E-state index contributed by atoms with van der Waals surface area (Å²) in [5.74, 6) is -1.22. The number of methoxy groups -OCH3 is 1. The first-order valence-corrected chi connectivity index (χ1v) is 4.86. The average molecular weight is 222 g/mol. The third-order valence-electron chi connectivity index (χ3n) is 2.33. The molecule has 0 aromatic heterocycles. The maximum absolute atomic E-state index is 11.3. The second-order valence-electron chi connectivity index (χ2n) is 3.67. The monoisotopic (exact) mass is 222 g/mol. The number of Topliss-reactive ketones (excluding diaryl/α,β-unsaturated/α-hetero) is 1. The molecule has 1 N–H and O–H groups in total. The Morgan fingerprint density at radius 3 is 2.19 bits per heavy atom. The van der Waals surface area contributed by atoms with Crippen LogP contribution in [-0.4, -0.2) is 24.0 Å². The minimum Gasteiger partial charge on any atom is -0.507 e. The van der Waals surface area contributed by atoms with Crippen LogP contribution < -0.4 is 0 Å². The number of ketones is 1. The van der Waals surface area contributed by atoms with Crippen LogP contribution in [0.2, 0.25) is 0 Å². The lowest BCUT2D eigenvalue weighted by atomic mass is 10.0. The normalized spacial score (nSPS) is 9.94. The number of rotatable bonds is 3. The molecule has 0 saturated carbocycles. The van der Waals surface area contributed by atoms with Crippen LogP contribution in [0.3, 0.4) is 0 Å². The van der Waals surface area contributed by atoms with Crippen molar-refractivity contribution in [2.24, 2.45) is 0 Å². The van der Waals surface area contributed by atoms with Gasteiger partial charge in [0.2, 0.25) is 5.78 Å². The Morgan fingerprint density at radius 2 is 1.75 bits per heavy atom. The number of phenolic OH excluding ortho intramolecular Hbond substituents is 1. The fourth-order valence-electron chi connectivity index (χ4n) is 1.52. The van der Waals surface area contributed by atoms with Gasteiger partial charge in [0, 0.05) is 6.42 Å². The Hall–Kier alpha value is -1.84. The van der Waals surface area contributed by atoms with Gasteiger partial charge in [-0.3, -0.25) is 4.79 Å². The zero-order valence-electron chi connectivity index (χ0n) is 9.53. The number of phenols is 1. The summed E-state index contributed by atoms with van der Waals surface area (Å²) in [7, 11) is 1.17. The van der Waals surface area contributed by atoms with Gasteiger partial charge in [-0.25, -0.2) is 4.79 Å². The first kappa shape index (κ1) is 12.2. The molecule has 4 heteroatoms. The van der Waals surface area contributed by atoms with Crippen LogP contribution in [0.15, 0.2) is 12.1 Å². The van der Waals surface area contributed by atoms with Crippen LogP contribution in [0.5, 0.6) is 5.75 Å². The van der Waals surface area contributed by atoms with Crippen LogP contribution in [0.25, 0.3) is 0 Å². The molecule has 0 amide bonds. The van der Waals surface area contributed by atoms with E-state index in [0.29, 0.717) is 16.7 Å². The molecule has 86 valence electrons. The predicted octanol–water partition coefficient (Wildman–Crippen LogP) is 1.29. The molecule has 0 aliphatic heterocycles. The van der Waals surface area contributed by atoms with Crippen LogP contribution in [0, 0.1) is 13.8 Å². The summed E-state index contributed by atoms with van der Waals surface area (Å²) >= 11 is 0. The Labute approximate surface area is 93.9 Å².